The van der Waals surface area contributed by atoms with Crippen molar-refractivity contribution in [1.29, 1.82) is 0 Å². The van der Waals surface area contributed by atoms with Gasteiger partial charge in [-0.2, -0.15) is 0 Å². The van der Waals surface area contributed by atoms with Crippen LogP contribution in [0, 0.1) is 16.0 Å². The third-order valence-electron chi connectivity index (χ3n) is 6.93. The van der Waals surface area contributed by atoms with E-state index in [1.165, 1.54) is 6.07 Å². The molecule has 6 nitrogen and oxygen atoms in total. The number of methoxy groups -OCH3 is 1. The zero-order chi connectivity index (χ0) is 29.0. The Labute approximate surface area is 233 Å². The molecule has 0 radical (unpaired) electrons. The van der Waals surface area contributed by atoms with Crippen molar-refractivity contribution in [1.82, 2.24) is 0 Å². The van der Waals surface area contributed by atoms with Crippen LogP contribution in [0.25, 0.3) is 0 Å². The number of nitro groups is 1. The molecular weight excluding hydrogens is 486 g/mol. The van der Waals surface area contributed by atoms with E-state index < -0.39 is 0 Å². The summed E-state index contributed by atoms with van der Waals surface area (Å²) in [6, 6.07) is 21.1. The van der Waals surface area contributed by atoms with Gasteiger partial charge in [-0.05, 0) is 60.4 Å². The quantitative estimate of drug-likeness (QED) is 0.167. The van der Waals surface area contributed by atoms with E-state index in [1.807, 2.05) is 50.2 Å². The molecule has 0 amide bonds. The van der Waals surface area contributed by atoms with Crippen molar-refractivity contribution in [3.05, 3.63) is 93.5 Å². The lowest BCUT2D eigenvalue weighted by molar-refractivity contribution is -0.384. The summed E-state index contributed by atoms with van der Waals surface area (Å²) >= 11 is 0. The summed E-state index contributed by atoms with van der Waals surface area (Å²) in [7, 11) is 1.58. The minimum Gasteiger partial charge on any atom is -0.496 e. The lowest BCUT2D eigenvalue weighted by Crippen LogP contribution is -2.23. The molecule has 206 valence electrons. The summed E-state index contributed by atoms with van der Waals surface area (Å²) in [6.07, 6.45) is 0.463. The van der Waals surface area contributed by atoms with Crippen LogP contribution in [-0.2, 0) is 17.3 Å². The van der Waals surface area contributed by atoms with Gasteiger partial charge in [0.15, 0.2) is 0 Å². The molecule has 0 spiro atoms. The van der Waals surface area contributed by atoms with Gasteiger partial charge < -0.3 is 4.74 Å². The number of non-ortho nitro benzene ring substituents is 1. The molecule has 3 rings (SSSR count). The maximum Gasteiger partial charge on any atom is 0.269 e. The van der Waals surface area contributed by atoms with Crippen LogP contribution in [-0.4, -0.2) is 23.5 Å². The van der Waals surface area contributed by atoms with Gasteiger partial charge in [-0.25, -0.2) is 0 Å². The number of nitro benzene ring substituents is 1. The summed E-state index contributed by atoms with van der Waals surface area (Å²) in [5, 5.41) is 11.6. The highest BCUT2D eigenvalue weighted by atomic mass is 16.6. The Balaban J connectivity index is 2.19. The average Bonchev–Trinajstić information content (AvgIpc) is 2.86. The minimum absolute atomic E-state index is 0.0323. The molecule has 0 aliphatic heterocycles. The molecule has 39 heavy (non-hydrogen) atoms. The van der Waals surface area contributed by atoms with Gasteiger partial charge in [-0.3, -0.25) is 20.1 Å². The molecule has 0 saturated heterocycles. The second-order valence-corrected chi connectivity index (χ2v) is 12.1. The fourth-order valence-electron chi connectivity index (χ4n) is 4.80. The number of nitrogens with zero attached hydrogens (tertiary/aromatic N) is 3. The summed E-state index contributed by atoms with van der Waals surface area (Å²) in [4.78, 5) is 21.5. The first kappa shape index (κ1) is 29.8. The lowest BCUT2D eigenvalue weighted by atomic mass is 9.85. The number of rotatable bonds is 8. The van der Waals surface area contributed by atoms with Crippen LogP contribution in [0.3, 0.4) is 0 Å². The van der Waals surface area contributed by atoms with E-state index in [0.29, 0.717) is 12.2 Å². The van der Waals surface area contributed by atoms with Crippen LogP contribution in [0.5, 0.6) is 5.75 Å². The summed E-state index contributed by atoms with van der Waals surface area (Å²) in [5.41, 5.74) is 6.54. The number of hydrogen-bond acceptors (Lipinski definition) is 5. The van der Waals surface area contributed by atoms with Crippen molar-refractivity contribution < 1.29 is 9.66 Å². The number of benzene rings is 3. The normalized spacial score (nSPS) is 13.1. The maximum atomic E-state index is 11.6. The first-order valence-electron chi connectivity index (χ1n) is 13.3. The van der Waals surface area contributed by atoms with E-state index in [0.717, 1.165) is 39.5 Å². The minimum atomic E-state index is -0.376. The topological polar surface area (TPSA) is 77.1 Å². The van der Waals surface area contributed by atoms with Crippen molar-refractivity contribution in [2.45, 2.75) is 72.6 Å². The zero-order valence-electron chi connectivity index (χ0n) is 24.7. The Morgan fingerprint density at radius 1 is 0.821 bits per heavy atom. The monoisotopic (exact) mass is 527 g/mol. The van der Waals surface area contributed by atoms with Gasteiger partial charge in [0, 0.05) is 35.0 Å². The van der Waals surface area contributed by atoms with E-state index >= 15 is 0 Å². The number of hydrogen-bond donors (Lipinski definition) is 0. The van der Waals surface area contributed by atoms with Crippen LogP contribution >= 0.6 is 0 Å². The number of para-hydroxylation sites is 2. The molecule has 6 heteroatoms. The Kier molecular flexibility index (Phi) is 9.10. The number of ether oxygens (including phenoxy) is 1. The smallest absolute Gasteiger partial charge is 0.269 e. The largest absolute Gasteiger partial charge is 0.496 e. The molecule has 0 aliphatic rings. The molecule has 0 N–H and O–H groups in total. The van der Waals surface area contributed by atoms with Gasteiger partial charge in [0.1, 0.15) is 5.75 Å². The molecule has 0 aromatic heterocycles. The van der Waals surface area contributed by atoms with E-state index in [4.69, 9.17) is 14.7 Å². The Hall–Kier alpha value is -3.80. The SMILES string of the molecule is COc1ccc([N+](=O)[O-])cc1CC(/C(C)=N/c1ccccc1C(C)(C)C)/C(C)=N/c1ccccc1C(C)(C)C. The van der Waals surface area contributed by atoms with E-state index in [-0.39, 0.29) is 27.4 Å². The van der Waals surface area contributed by atoms with E-state index in [1.54, 1.807) is 19.2 Å². The highest BCUT2D eigenvalue weighted by Crippen LogP contribution is 2.35. The molecule has 3 aromatic carbocycles. The average molecular weight is 528 g/mol. The molecular formula is C33H41N3O3. The van der Waals surface area contributed by atoms with Crippen molar-refractivity contribution >= 4 is 28.5 Å². The Bertz CT molecular complexity index is 1320. The predicted molar refractivity (Wildman–Crippen MR) is 163 cm³/mol. The third-order valence-corrected chi connectivity index (χ3v) is 6.93. The molecule has 0 atom stereocenters. The lowest BCUT2D eigenvalue weighted by Gasteiger charge is -2.24. The second kappa shape index (κ2) is 11.9. The zero-order valence-corrected chi connectivity index (χ0v) is 24.7. The van der Waals surface area contributed by atoms with Crippen molar-refractivity contribution in [2.75, 3.05) is 7.11 Å². The van der Waals surface area contributed by atoms with Gasteiger partial charge in [0.05, 0.1) is 23.4 Å². The summed E-state index contributed by atoms with van der Waals surface area (Å²) in [5.74, 6) is 0.401. The first-order valence-corrected chi connectivity index (χ1v) is 13.3. The maximum absolute atomic E-state index is 11.6. The fourth-order valence-corrected chi connectivity index (χ4v) is 4.80. The summed E-state index contributed by atoms with van der Waals surface area (Å²) < 4.78 is 5.60. The van der Waals surface area contributed by atoms with Gasteiger partial charge in [-0.15, -0.1) is 0 Å². The van der Waals surface area contributed by atoms with Gasteiger partial charge in [0.2, 0.25) is 0 Å². The molecule has 0 unspecified atom stereocenters. The predicted octanol–water partition coefficient (Wildman–Crippen LogP) is 8.94. The second-order valence-electron chi connectivity index (χ2n) is 12.1. The van der Waals surface area contributed by atoms with Crippen molar-refractivity contribution in [3.63, 3.8) is 0 Å². The third kappa shape index (κ3) is 7.41. The highest BCUT2D eigenvalue weighted by molar-refractivity contribution is 6.07. The molecule has 0 aliphatic carbocycles. The van der Waals surface area contributed by atoms with Crippen molar-refractivity contribution in [3.8, 4) is 5.75 Å². The molecule has 0 bridgehead atoms. The Morgan fingerprint density at radius 3 is 1.69 bits per heavy atom. The summed E-state index contributed by atoms with van der Waals surface area (Å²) in [6.45, 7) is 17.1. The number of aliphatic imine (C=N–C) groups is 2. The van der Waals surface area contributed by atoms with Gasteiger partial charge in [-0.1, -0.05) is 77.9 Å². The van der Waals surface area contributed by atoms with Crippen LogP contribution < -0.4 is 4.74 Å². The fraction of sp³-hybridized carbons (Fsp3) is 0.394. The molecule has 0 saturated carbocycles. The van der Waals surface area contributed by atoms with E-state index in [9.17, 15) is 10.1 Å². The van der Waals surface area contributed by atoms with Crippen LogP contribution in [0.4, 0.5) is 17.1 Å². The molecule has 0 fully saturated rings. The molecule has 3 aromatic rings. The van der Waals surface area contributed by atoms with Gasteiger partial charge in [0.25, 0.3) is 5.69 Å². The van der Waals surface area contributed by atoms with Crippen LogP contribution in [0.1, 0.15) is 72.1 Å². The van der Waals surface area contributed by atoms with Crippen LogP contribution in [0.2, 0.25) is 0 Å². The van der Waals surface area contributed by atoms with Crippen molar-refractivity contribution in [2.24, 2.45) is 15.9 Å². The standard InChI is InChI=1S/C33H41N3O3/c1-22(34-29-16-12-10-14-27(29)32(3,4)5)26(21-24-20-25(36(37)38)18-19-31(24)39-9)23(2)35-30-17-13-11-15-28(30)33(6,7)8/h10-20,26H,21H2,1-9H3/b34-22+,35-23+. The molecule has 0 heterocycles. The first-order chi connectivity index (χ1) is 18.2. The Morgan fingerprint density at radius 2 is 1.28 bits per heavy atom. The highest BCUT2D eigenvalue weighted by Gasteiger charge is 2.24. The van der Waals surface area contributed by atoms with Gasteiger partial charge >= 0.3 is 0 Å². The van der Waals surface area contributed by atoms with E-state index in [2.05, 4.69) is 53.7 Å². The van der Waals surface area contributed by atoms with Crippen LogP contribution in [0.15, 0.2) is 76.7 Å².